The Morgan fingerprint density at radius 1 is 1.37 bits per heavy atom. The standard InChI is InChI=1S/C14H16BrCl2NO/c15-11-4-5-12(13(17)6-11)14(19)18-8-10-3-1-2-9(10)7-16/h4-6,9-10H,1-3,7-8H2,(H,18,19). The lowest BCUT2D eigenvalue weighted by atomic mass is 9.98. The molecular formula is C14H16BrCl2NO. The second kappa shape index (κ2) is 6.96. The number of halogens is 3. The summed E-state index contributed by atoms with van der Waals surface area (Å²) in [5.41, 5.74) is 0.519. The fourth-order valence-electron chi connectivity index (χ4n) is 2.58. The van der Waals surface area contributed by atoms with Crippen molar-refractivity contribution in [2.45, 2.75) is 19.3 Å². The Balaban J connectivity index is 1.94. The average molecular weight is 365 g/mol. The van der Waals surface area contributed by atoms with Crippen molar-refractivity contribution in [3.05, 3.63) is 33.3 Å². The van der Waals surface area contributed by atoms with Crippen molar-refractivity contribution in [1.82, 2.24) is 5.32 Å². The molecule has 1 saturated carbocycles. The molecule has 2 nitrogen and oxygen atoms in total. The first-order valence-electron chi connectivity index (χ1n) is 6.41. The van der Waals surface area contributed by atoms with E-state index < -0.39 is 0 Å². The van der Waals surface area contributed by atoms with Crippen LogP contribution >= 0.6 is 39.1 Å². The molecule has 1 aliphatic carbocycles. The molecule has 1 aromatic carbocycles. The van der Waals surface area contributed by atoms with Crippen molar-refractivity contribution < 1.29 is 4.79 Å². The van der Waals surface area contributed by atoms with Crippen molar-refractivity contribution in [2.75, 3.05) is 12.4 Å². The Labute approximate surface area is 132 Å². The van der Waals surface area contributed by atoms with E-state index in [-0.39, 0.29) is 5.91 Å². The molecule has 19 heavy (non-hydrogen) atoms. The topological polar surface area (TPSA) is 29.1 Å². The molecule has 0 heterocycles. The minimum atomic E-state index is -0.113. The summed E-state index contributed by atoms with van der Waals surface area (Å²) in [6, 6.07) is 5.28. The first-order chi connectivity index (χ1) is 9.11. The highest BCUT2D eigenvalue weighted by atomic mass is 79.9. The summed E-state index contributed by atoms with van der Waals surface area (Å²) in [5, 5.41) is 3.43. The van der Waals surface area contributed by atoms with Gasteiger partial charge in [0.1, 0.15) is 0 Å². The number of carbonyl (C=O) groups excluding carboxylic acids is 1. The molecule has 1 aliphatic rings. The predicted octanol–water partition coefficient (Wildman–Crippen LogP) is 4.49. The molecule has 0 spiro atoms. The smallest absolute Gasteiger partial charge is 0.252 e. The maximum absolute atomic E-state index is 12.1. The molecule has 0 aliphatic heterocycles. The van der Waals surface area contributed by atoms with Crippen LogP contribution in [0.1, 0.15) is 29.6 Å². The molecule has 0 bridgehead atoms. The zero-order valence-corrected chi connectivity index (χ0v) is 13.6. The van der Waals surface area contributed by atoms with Crippen molar-refractivity contribution in [2.24, 2.45) is 11.8 Å². The third-order valence-corrected chi connectivity index (χ3v) is 4.92. The molecule has 2 atom stereocenters. The van der Waals surface area contributed by atoms with Crippen LogP contribution in [-0.2, 0) is 0 Å². The second-order valence-corrected chi connectivity index (χ2v) is 6.57. The number of benzene rings is 1. The monoisotopic (exact) mass is 363 g/mol. The summed E-state index contributed by atoms with van der Waals surface area (Å²) >= 11 is 15.3. The van der Waals surface area contributed by atoms with Gasteiger partial charge < -0.3 is 5.32 Å². The Bertz CT molecular complexity index is 467. The quantitative estimate of drug-likeness (QED) is 0.783. The molecular weight excluding hydrogens is 349 g/mol. The van der Waals surface area contributed by atoms with Gasteiger partial charge in [-0.3, -0.25) is 4.79 Å². The fraction of sp³-hybridized carbons (Fsp3) is 0.500. The molecule has 0 radical (unpaired) electrons. The van der Waals surface area contributed by atoms with Crippen LogP contribution < -0.4 is 5.32 Å². The minimum Gasteiger partial charge on any atom is -0.352 e. The normalized spacial score (nSPS) is 22.5. The van der Waals surface area contributed by atoms with Gasteiger partial charge in [0.15, 0.2) is 0 Å². The molecule has 5 heteroatoms. The lowest BCUT2D eigenvalue weighted by molar-refractivity contribution is 0.0945. The van der Waals surface area contributed by atoms with Crippen LogP contribution in [0.5, 0.6) is 0 Å². The maximum Gasteiger partial charge on any atom is 0.252 e. The molecule has 1 fully saturated rings. The highest BCUT2D eigenvalue weighted by Crippen LogP contribution is 2.32. The van der Waals surface area contributed by atoms with E-state index in [0.717, 1.165) is 10.9 Å². The first-order valence-corrected chi connectivity index (χ1v) is 8.11. The van der Waals surface area contributed by atoms with E-state index in [4.69, 9.17) is 23.2 Å². The molecule has 2 rings (SSSR count). The third-order valence-electron chi connectivity index (χ3n) is 3.72. The first kappa shape index (κ1) is 15.1. The van der Waals surface area contributed by atoms with Gasteiger partial charge in [0, 0.05) is 16.9 Å². The molecule has 1 amide bonds. The van der Waals surface area contributed by atoms with Crippen molar-refractivity contribution >= 4 is 45.0 Å². The number of amides is 1. The zero-order chi connectivity index (χ0) is 13.8. The number of alkyl halides is 1. The number of carbonyl (C=O) groups is 1. The Kier molecular flexibility index (Phi) is 5.55. The largest absolute Gasteiger partial charge is 0.352 e. The molecule has 2 unspecified atom stereocenters. The van der Waals surface area contributed by atoms with Crippen LogP contribution in [0.4, 0.5) is 0 Å². The van der Waals surface area contributed by atoms with Crippen LogP contribution in [0, 0.1) is 11.8 Å². The van der Waals surface area contributed by atoms with Crippen molar-refractivity contribution in [3.8, 4) is 0 Å². The zero-order valence-electron chi connectivity index (χ0n) is 10.5. The molecule has 0 saturated heterocycles. The Morgan fingerprint density at radius 3 is 2.79 bits per heavy atom. The summed E-state index contributed by atoms with van der Waals surface area (Å²) < 4.78 is 0.868. The summed E-state index contributed by atoms with van der Waals surface area (Å²) in [7, 11) is 0. The van der Waals surface area contributed by atoms with Crippen LogP contribution in [0.2, 0.25) is 5.02 Å². The Hall–Kier alpha value is -0.250. The van der Waals surface area contributed by atoms with Crippen LogP contribution in [-0.4, -0.2) is 18.3 Å². The van der Waals surface area contributed by atoms with Gasteiger partial charge in [-0.2, -0.15) is 0 Å². The highest BCUT2D eigenvalue weighted by Gasteiger charge is 2.26. The van der Waals surface area contributed by atoms with Gasteiger partial charge in [0.25, 0.3) is 5.91 Å². The van der Waals surface area contributed by atoms with Gasteiger partial charge in [0.2, 0.25) is 0 Å². The highest BCUT2D eigenvalue weighted by molar-refractivity contribution is 9.10. The van der Waals surface area contributed by atoms with Crippen LogP contribution in [0.15, 0.2) is 22.7 Å². The predicted molar refractivity (Wildman–Crippen MR) is 83.0 cm³/mol. The molecule has 1 aromatic rings. The summed E-state index contributed by atoms with van der Waals surface area (Å²) in [4.78, 5) is 12.1. The van der Waals surface area contributed by atoms with E-state index in [0.29, 0.717) is 34.8 Å². The van der Waals surface area contributed by atoms with E-state index in [9.17, 15) is 4.79 Å². The maximum atomic E-state index is 12.1. The van der Waals surface area contributed by atoms with Gasteiger partial charge >= 0.3 is 0 Å². The Morgan fingerprint density at radius 2 is 2.11 bits per heavy atom. The summed E-state index contributed by atoms with van der Waals surface area (Å²) in [6.07, 6.45) is 3.52. The number of nitrogens with one attached hydrogen (secondary N) is 1. The van der Waals surface area contributed by atoms with Crippen LogP contribution in [0.3, 0.4) is 0 Å². The van der Waals surface area contributed by atoms with Gasteiger partial charge in [-0.15, -0.1) is 11.6 Å². The number of rotatable bonds is 4. The van der Waals surface area contributed by atoms with Crippen LogP contribution in [0.25, 0.3) is 0 Å². The summed E-state index contributed by atoms with van der Waals surface area (Å²) in [5.74, 6) is 1.59. The minimum absolute atomic E-state index is 0.113. The fourth-order valence-corrected chi connectivity index (χ4v) is 3.74. The number of hydrogen-bond acceptors (Lipinski definition) is 1. The van der Waals surface area contributed by atoms with Gasteiger partial charge in [0.05, 0.1) is 10.6 Å². The SMILES string of the molecule is O=C(NCC1CCCC1CCl)c1ccc(Br)cc1Cl. The van der Waals surface area contributed by atoms with E-state index >= 15 is 0 Å². The number of hydrogen-bond donors (Lipinski definition) is 1. The average Bonchev–Trinajstić information content (AvgIpc) is 2.83. The van der Waals surface area contributed by atoms with Crippen molar-refractivity contribution in [3.63, 3.8) is 0 Å². The van der Waals surface area contributed by atoms with E-state index in [1.807, 2.05) is 6.07 Å². The second-order valence-electron chi connectivity index (χ2n) is 4.94. The molecule has 1 N–H and O–H groups in total. The third kappa shape index (κ3) is 3.87. The van der Waals surface area contributed by atoms with Crippen molar-refractivity contribution in [1.29, 1.82) is 0 Å². The summed E-state index contributed by atoms with van der Waals surface area (Å²) in [6.45, 7) is 0.683. The van der Waals surface area contributed by atoms with E-state index in [1.165, 1.54) is 12.8 Å². The lowest BCUT2D eigenvalue weighted by Gasteiger charge is -2.17. The molecule has 104 valence electrons. The van der Waals surface area contributed by atoms with E-state index in [1.54, 1.807) is 12.1 Å². The van der Waals surface area contributed by atoms with Gasteiger partial charge in [-0.05, 0) is 42.9 Å². The van der Waals surface area contributed by atoms with Gasteiger partial charge in [-0.1, -0.05) is 34.0 Å². The van der Waals surface area contributed by atoms with Gasteiger partial charge in [-0.25, -0.2) is 0 Å². The molecule has 0 aromatic heterocycles. The van der Waals surface area contributed by atoms with E-state index in [2.05, 4.69) is 21.2 Å². The lowest BCUT2D eigenvalue weighted by Crippen LogP contribution is -2.31.